The number of hydrogen-bond acceptors (Lipinski definition) is 2. The maximum atomic E-state index is 13.2. The van der Waals surface area contributed by atoms with Crippen LogP contribution < -0.4 is 4.90 Å². The minimum absolute atomic E-state index is 0.233. The van der Waals surface area contributed by atoms with Gasteiger partial charge in [0.15, 0.2) is 0 Å². The molecule has 1 amide bonds. The highest BCUT2D eigenvalue weighted by molar-refractivity contribution is 6.01. The molecule has 1 aliphatic rings. The van der Waals surface area contributed by atoms with Gasteiger partial charge in [0.25, 0.3) is 5.91 Å². The predicted octanol–water partition coefficient (Wildman–Crippen LogP) is 3.32. The highest BCUT2D eigenvalue weighted by atomic mass is 19.1. The molecule has 3 nitrogen and oxygen atoms in total. The number of carbonyl (C=O) groups excluding carboxylic acids is 1. The van der Waals surface area contributed by atoms with Gasteiger partial charge in [-0.1, -0.05) is 30.3 Å². The molecule has 4 heteroatoms. The Morgan fingerprint density at radius 2 is 1.91 bits per heavy atom. The Morgan fingerprint density at radius 3 is 2.65 bits per heavy atom. The van der Waals surface area contributed by atoms with Gasteiger partial charge in [-0.25, -0.2) is 4.39 Å². The van der Waals surface area contributed by atoms with Crippen LogP contribution in [-0.4, -0.2) is 23.2 Å². The summed E-state index contributed by atoms with van der Waals surface area (Å²) in [7, 11) is 0. The first-order valence-electron chi connectivity index (χ1n) is 7.92. The molecular weight excluding hydrogens is 293 g/mol. The smallest absolute Gasteiger partial charge is 0.259 e. The van der Waals surface area contributed by atoms with Crippen LogP contribution in [0.2, 0.25) is 0 Å². The fourth-order valence-corrected chi connectivity index (χ4v) is 3.12. The van der Waals surface area contributed by atoms with Crippen LogP contribution in [0.1, 0.15) is 24.8 Å². The molecule has 1 saturated heterocycles. The van der Waals surface area contributed by atoms with Crippen LogP contribution in [0.5, 0.6) is 0 Å². The summed E-state index contributed by atoms with van der Waals surface area (Å²) in [4.78, 5) is 14.2. The summed E-state index contributed by atoms with van der Waals surface area (Å²) in [5.41, 5.74) is 0.404. The van der Waals surface area contributed by atoms with Gasteiger partial charge in [0.2, 0.25) is 0 Å². The maximum absolute atomic E-state index is 13.2. The van der Waals surface area contributed by atoms with Gasteiger partial charge in [0.1, 0.15) is 11.4 Å². The number of anilines is 1. The standard InChI is InChI=1S/C19H20FNO2/c20-16-8-4-6-15(14-16)7-5-11-19(23)12-13-21(18(19)22)17-9-2-1-3-10-17/h1-4,6,8-10,14,23H,5,7,11-13H2. The minimum Gasteiger partial charge on any atom is -0.380 e. The average Bonchev–Trinajstić information content (AvgIpc) is 2.84. The number of aliphatic hydroxyl groups is 1. The zero-order chi connectivity index (χ0) is 16.3. The zero-order valence-corrected chi connectivity index (χ0v) is 12.9. The molecule has 0 aliphatic carbocycles. The van der Waals surface area contributed by atoms with E-state index in [0.717, 1.165) is 11.3 Å². The summed E-state index contributed by atoms with van der Waals surface area (Å²) >= 11 is 0. The van der Waals surface area contributed by atoms with Crippen LogP contribution >= 0.6 is 0 Å². The third-order valence-corrected chi connectivity index (χ3v) is 4.40. The Kier molecular flexibility index (Phi) is 4.44. The van der Waals surface area contributed by atoms with Crippen molar-refractivity contribution in [2.45, 2.75) is 31.3 Å². The van der Waals surface area contributed by atoms with Gasteiger partial charge >= 0.3 is 0 Å². The predicted molar refractivity (Wildman–Crippen MR) is 87.7 cm³/mol. The van der Waals surface area contributed by atoms with Crippen molar-refractivity contribution in [1.29, 1.82) is 0 Å². The van der Waals surface area contributed by atoms with E-state index >= 15 is 0 Å². The van der Waals surface area contributed by atoms with E-state index in [1.807, 2.05) is 36.4 Å². The summed E-state index contributed by atoms with van der Waals surface area (Å²) in [6.45, 7) is 0.527. The van der Waals surface area contributed by atoms with E-state index in [4.69, 9.17) is 0 Å². The number of hydrogen-bond donors (Lipinski definition) is 1. The van der Waals surface area contributed by atoms with Crippen molar-refractivity contribution >= 4 is 11.6 Å². The molecule has 1 unspecified atom stereocenters. The molecule has 0 radical (unpaired) electrons. The molecule has 0 bridgehead atoms. The molecule has 0 spiro atoms. The molecule has 2 aromatic rings. The third kappa shape index (κ3) is 3.42. The summed E-state index contributed by atoms with van der Waals surface area (Å²) < 4.78 is 13.2. The van der Waals surface area contributed by atoms with Gasteiger partial charge in [0.05, 0.1) is 0 Å². The number of carbonyl (C=O) groups is 1. The second-order valence-corrected chi connectivity index (χ2v) is 6.06. The quantitative estimate of drug-likeness (QED) is 0.920. The van der Waals surface area contributed by atoms with Crippen LogP contribution in [-0.2, 0) is 11.2 Å². The Bertz CT molecular complexity index is 689. The minimum atomic E-state index is -1.30. The Balaban J connectivity index is 1.61. The second kappa shape index (κ2) is 6.50. The molecule has 2 aromatic carbocycles. The summed E-state index contributed by atoms with van der Waals surface area (Å²) in [5.74, 6) is -0.489. The third-order valence-electron chi connectivity index (χ3n) is 4.40. The van der Waals surface area contributed by atoms with E-state index in [0.29, 0.717) is 32.2 Å². The number of rotatable bonds is 5. The van der Waals surface area contributed by atoms with Gasteiger partial charge in [-0.3, -0.25) is 4.79 Å². The van der Waals surface area contributed by atoms with Crippen molar-refractivity contribution < 1.29 is 14.3 Å². The molecule has 23 heavy (non-hydrogen) atoms. The molecule has 1 N–H and O–H groups in total. The number of nitrogens with zero attached hydrogens (tertiary/aromatic N) is 1. The average molecular weight is 313 g/mol. The van der Waals surface area contributed by atoms with Gasteiger partial charge in [-0.2, -0.15) is 0 Å². The molecule has 3 rings (SSSR count). The molecule has 0 aromatic heterocycles. The lowest BCUT2D eigenvalue weighted by Crippen LogP contribution is -2.40. The molecular formula is C19H20FNO2. The first kappa shape index (κ1) is 15.7. The summed E-state index contributed by atoms with van der Waals surface area (Å²) in [6.07, 6.45) is 2.13. The van der Waals surface area contributed by atoms with E-state index in [-0.39, 0.29) is 11.7 Å². The monoisotopic (exact) mass is 313 g/mol. The van der Waals surface area contributed by atoms with Gasteiger partial charge in [0, 0.05) is 18.7 Å². The fourth-order valence-electron chi connectivity index (χ4n) is 3.12. The van der Waals surface area contributed by atoms with Crippen molar-refractivity contribution in [3.05, 3.63) is 66.0 Å². The lowest BCUT2D eigenvalue weighted by atomic mass is 9.93. The lowest BCUT2D eigenvalue weighted by Gasteiger charge is -2.22. The number of aryl methyl sites for hydroxylation is 1. The van der Waals surface area contributed by atoms with Gasteiger partial charge in [-0.05, 0) is 49.1 Å². The highest BCUT2D eigenvalue weighted by Gasteiger charge is 2.44. The first-order valence-corrected chi connectivity index (χ1v) is 7.92. The van der Waals surface area contributed by atoms with Crippen molar-refractivity contribution in [1.82, 2.24) is 0 Å². The highest BCUT2D eigenvalue weighted by Crippen LogP contribution is 2.31. The summed E-state index contributed by atoms with van der Waals surface area (Å²) in [5, 5.41) is 10.7. The van der Waals surface area contributed by atoms with Crippen LogP contribution in [0.25, 0.3) is 0 Å². The van der Waals surface area contributed by atoms with Crippen molar-refractivity contribution in [3.63, 3.8) is 0 Å². The van der Waals surface area contributed by atoms with Crippen molar-refractivity contribution in [2.24, 2.45) is 0 Å². The summed E-state index contributed by atoms with van der Waals surface area (Å²) in [6, 6.07) is 15.8. The molecule has 0 saturated carbocycles. The molecule has 1 aliphatic heterocycles. The van der Waals surface area contributed by atoms with E-state index in [1.54, 1.807) is 11.0 Å². The Morgan fingerprint density at radius 1 is 1.13 bits per heavy atom. The van der Waals surface area contributed by atoms with Crippen molar-refractivity contribution in [3.8, 4) is 0 Å². The first-order chi connectivity index (χ1) is 11.1. The molecule has 120 valence electrons. The number of amides is 1. The zero-order valence-electron chi connectivity index (χ0n) is 12.9. The normalized spacial score (nSPS) is 21.0. The van der Waals surface area contributed by atoms with Gasteiger partial charge in [-0.15, -0.1) is 0 Å². The second-order valence-electron chi connectivity index (χ2n) is 6.06. The van der Waals surface area contributed by atoms with Crippen LogP contribution in [0, 0.1) is 5.82 Å². The van der Waals surface area contributed by atoms with E-state index in [9.17, 15) is 14.3 Å². The lowest BCUT2D eigenvalue weighted by molar-refractivity contribution is -0.133. The van der Waals surface area contributed by atoms with E-state index < -0.39 is 5.60 Å². The van der Waals surface area contributed by atoms with E-state index in [1.165, 1.54) is 12.1 Å². The van der Waals surface area contributed by atoms with Gasteiger partial charge < -0.3 is 10.0 Å². The molecule has 1 fully saturated rings. The number of halogens is 1. The van der Waals surface area contributed by atoms with Crippen molar-refractivity contribution in [2.75, 3.05) is 11.4 Å². The molecule has 1 heterocycles. The van der Waals surface area contributed by atoms with Crippen LogP contribution in [0.3, 0.4) is 0 Å². The SMILES string of the molecule is O=C1N(c2ccccc2)CCC1(O)CCCc1cccc(F)c1. The molecule has 1 atom stereocenters. The van der Waals surface area contributed by atoms with Crippen LogP contribution in [0.4, 0.5) is 10.1 Å². The number of benzene rings is 2. The Hall–Kier alpha value is -2.20. The Labute approximate surface area is 135 Å². The number of para-hydroxylation sites is 1. The van der Waals surface area contributed by atoms with Crippen LogP contribution in [0.15, 0.2) is 54.6 Å². The fraction of sp³-hybridized carbons (Fsp3) is 0.316. The van der Waals surface area contributed by atoms with E-state index in [2.05, 4.69) is 0 Å². The largest absolute Gasteiger partial charge is 0.380 e. The maximum Gasteiger partial charge on any atom is 0.259 e. The topological polar surface area (TPSA) is 40.5 Å².